The Morgan fingerprint density at radius 2 is 1.62 bits per heavy atom. The monoisotopic (exact) mass is 1110 g/mol. The van der Waals surface area contributed by atoms with Crippen LogP contribution in [-0.2, 0) is 23.8 Å². The van der Waals surface area contributed by atoms with Crippen LogP contribution in [0.2, 0.25) is 0 Å². The topological polar surface area (TPSA) is 310 Å². The van der Waals surface area contributed by atoms with Gasteiger partial charge in [0.25, 0.3) is 17.6 Å². The molecule has 80 heavy (non-hydrogen) atoms. The van der Waals surface area contributed by atoms with Crippen LogP contribution in [-0.4, -0.2) is 153 Å². The molecule has 5 bridgehead atoms. The zero-order chi connectivity index (χ0) is 58.7. The molecule has 0 radical (unpaired) electrons. The highest BCUT2D eigenvalue weighted by Gasteiger charge is 2.50. The Morgan fingerprint density at radius 1 is 0.938 bits per heavy atom. The van der Waals surface area contributed by atoms with E-state index in [4.69, 9.17) is 29.4 Å². The second-order valence-electron chi connectivity index (χ2n) is 20.5. The number of ketones is 1. The Balaban J connectivity index is 0.000000410. The molecule has 1 fully saturated rings. The summed E-state index contributed by atoms with van der Waals surface area (Å²) in [5, 5.41) is 70.6. The number of hydrogen-bond acceptors (Lipinski definition) is 19. The first-order valence-electron chi connectivity index (χ1n) is 26.2. The fourth-order valence-electron chi connectivity index (χ4n) is 9.51. The van der Waals surface area contributed by atoms with E-state index in [0.717, 1.165) is 18.7 Å². The Kier molecular flexibility index (Phi) is 20.4. The zero-order valence-corrected chi connectivity index (χ0v) is 47.0. The number of anilines is 1. The van der Waals surface area contributed by atoms with Crippen LogP contribution in [0.5, 0.6) is 28.7 Å². The number of amidine groups is 1. The van der Waals surface area contributed by atoms with Gasteiger partial charge in [-0.2, -0.15) is 10.2 Å². The van der Waals surface area contributed by atoms with Gasteiger partial charge in [-0.1, -0.05) is 58.1 Å². The Morgan fingerprint density at radius 3 is 2.27 bits per heavy atom. The molecule has 22 heteroatoms. The zero-order valence-electron chi connectivity index (χ0n) is 47.0. The molecule has 1 saturated heterocycles. The fraction of sp³-hybridized carbons (Fsp3) is 0.431. The van der Waals surface area contributed by atoms with Crippen molar-refractivity contribution < 1.29 is 68.4 Å². The maximum Gasteiger partial charge on any atom is 0.312 e. The number of nitrogens with one attached hydrogen (secondary N) is 2. The maximum absolute atomic E-state index is 14.4. The van der Waals surface area contributed by atoms with Crippen LogP contribution >= 0.6 is 0 Å². The van der Waals surface area contributed by atoms with Gasteiger partial charge < -0.3 is 65.2 Å². The minimum absolute atomic E-state index is 0.0559. The van der Waals surface area contributed by atoms with Gasteiger partial charge in [0.2, 0.25) is 0 Å². The van der Waals surface area contributed by atoms with Gasteiger partial charge in [-0.15, -0.1) is 0 Å². The lowest BCUT2D eigenvalue weighted by Gasteiger charge is -2.38. The standard InChI is InChI=1S/C43H58N4O12.C15H16N4O2/c1-21-12-11-13-22(2)42(55)45-33-28(20-44-47-17-15-46(9)16-18-47)37(52)30-31(38(33)53)36(51)26(6)40-32(30)41(54)43(8,59-40)57-19-14-29(56-10)23(3)39(58-27(7)48)25(5)35(50)24(4)34(21)49;1-11-3-2-4-13(9-11)21-10-14(16)18-19-15(20)12-5-7-17-8-6-12/h11-14,19-21,23-25,29,34-35,39,49-53H,15-18H2,1-10H3,(H,45,55);2-9H,10H2,1H3,(H2,16,18)(H,19,20)/b12-11+,19-14+,22-13-,44-20-;/t21-,23-,24-,25-,29+,34+,35+,39-,43+;/m1./s1. The highest BCUT2D eigenvalue weighted by molar-refractivity contribution is 6.24. The molecule has 0 saturated carbocycles. The molecule has 2 amide bonds. The minimum atomic E-state index is -2.04. The van der Waals surface area contributed by atoms with E-state index >= 15 is 0 Å². The van der Waals surface area contributed by atoms with Crippen molar-refractivity contribution in [1.82, 2.24) is 20.3 Å². The van der Waals surface area contributed by atoms with E-state index in [0.29, 0.717) is 24.4 Å². The molecular weight excluding hydrogens is 1030 g/mol. The van der Waals surface area contributed by atoms with Crippen molar-refractivity contribution in [2.75, 3.05) is 52.3 Å². The summed E-state index contributed by atoms with van der Waals surface area (Å²) >= 11 is 0. The highest BCUT2D eigenvalue weighted by atomic mass is 16.7. The molecule has 4 aliphatic rings. The van der Waals surface area contributed by atoms with Crippen molar-refractivity contribution in [3.63, 3.8) is 0 Å². The quantitative estimate of drug-likeness (QED) is 0.0245. The number of nitrogens with zero attached hydrogens (tertiary/aromatic N) is 5. The van der Waals surface area contributed by atoms with Crippen molar-refractivity contribution >= 4 is 52.1 Å². The first-order chi connectivity index (χ1) is 37.9. The van der Waals surface area contributed by atoms with E-state index in [1.54, 1.807) is 57.0 Å². The van der Waals surface area contributed by atoms with Crippen LogP contribution in [0.1, 0.15) is 85.9 Å². The molecule has 4 aliphatic heterocycles. The number of nitrogens with two attached hydrogens (primary N) is 1. The summed E-state index contributed by atoms with van der Waals surface area (Å²) in [6.07, 6.45) is 7.92. The van der Waals surface area contributed by atoms with Crippen LogP contribution in [0.4, 0.5) is 5.69 Å². The summed E-state index contributed by atoms with van der Waals surface area (Å²) in [7, 11) is 3.42. The normalized spacial score (nSPS) is 26.5. The number of fused-ring (bicyclic) bond motifs is 14. The van der Waals surface area contributed by atoms with Crippen LogP contribution < -0.4 is 25.9 Å². The number of carbonyl (C=O) groups is 4. The van der Waals surface area contributed by atoms with Crippen molar-refractivity contribution in [3.05, 3.63) is 113 Å². The number of phenolic OH excluding ortho intramolecular Hbond substituents is 3. The fourth-order valence-corrected chi connectivity index (χ4v) is 9.51. The molecule has 1 aromatic heterocycles. The lowest BCUT2D eigenvalue weighted by atomic mass is 9.78. The van der Waals surface area contributed by atoms with Crippen LogP contribution in [0, 0.1) is 37.5 Å². The van der Waals surface area contributed by atoms with Crippen molar-refractivity contribution in [2.24, 2.45) is 39.6 Å². The number of hydrogen-bond donors (Lipinski definition) is 8. The third-order valence-corrected chi connectivity index (χ3v) is 14.5. The summed E-state index contributed by atoms with van der Waals surface area (Å²) < 4.78 is 29.1. The van der Waals surface area contributed by atoms with Crippen molar-refractivity contribution in [2.45, 2.75) is 92.5 Å². The number of carbonyl (C=O) groups excluding carboxylic acids is 4. The van der Waals surface area contributed by atoms with Crippen molar-refractivity contribution in [1.29, 1.82) is 0 Å². The second-order valence-corrected chi connectivity index (χ2v) is 20.5. The van der Waals surface area contributed by atoms with Gasteiger partial charge in [0.05, 0.1) is 53.0 Å². The number of hydrazone groups is 2. The lowest BCUT2D eigenvalue weighted by molar-refractivity contribution is -0.160. The molecule has 9 N–H and O–H groups in total. The van der Waals surface area contributed by atoms with Crippen LogP contribution in [0.3, 0.4) is 0 Å². The van der Waals surface area contributed by atoms with Crippen LogP contribution in [0.15, 0.2) is 95.1 Å². The number of aliphatic hydroxyl groups is 2. The first-order valence-corrected chi connectivity index (χ1v) is 26.2. The van der Waals surface area contributed by atoms with Gasteiger partial charge in [-0.25, -0.2) is 5.43 Å². The summed E-state index contributed by atoms with van der Waals surface area (Å²) in [5.74, 6) is -7.81. The average Bonchev–Trinajstić information content (AvgIpc) is 3.85. The number of amides is 2. The van der Waals surface area contributed by atoms with Crippen molar-refractivity contribution in [3.8, 4) is 28.7 Å². The Labute approximate surface area is 465 Å². The maximum atomic E-state index is 14.4. The van der Waals surface area contributed by atoms with E-state index in [-0.39, 0.29) is 62.8 Å². The molecule has 9 atom stereocenters. The van der Waals surface area contributed by atoms with Crippen LogP contribution in [0.25, 0.3) is 10.8 Å². The summed E-state index contributed by atoms with van der Waals surface area (Å²) in [4.78, 5) is 58.2. The number of aromatic nitrogens is 1. The number of pyridine rings is 1. The molecule has 0 spiro atoms. The number of piperazine rings is 1. The number of phenols is 3. The van der Waals surface area contributed by atoms with E-state index in [1.807, 2.05) is 38.2 Å². The number of esters is 1. The average molecular weight is 1110 g/mol. The highest BCUT2D eigenvalue weighted by Crippen LogP contribution is 2.55. The number of aliphatic hydroxyl groups excluding tert-OH is 2. The molecule has 22 nitrogen and oxygen atoms in total. The summed E-state index contributed by atoms with van der Waals surface area (Å²) in [6.45, 7) is 17.2. The first kappa shape index (κ1) is 61.2. The number of aryl methyl sites for hydroxylation is 1. The van der Waals surface area contributed by atoms with E-state index in [2.05, 4.69) is 30.8 Å². The molecule has 8 rings (SSSR count). The number of allylic oxidation sites excluding steroid dienone is 2. The van der Waals surface area contributed by atoms with Gasteiger partial charge in [0, 0.05) is 105 Å². The largest absolute Gasteiger partial charge is 0.507 e. The number of likely N-dealkylation sites (N-methyl/N-ethyl adjacent to an activating group) is 1. The molecule has 3 aromatic carbocycles. The third-order valence-electron chi connectivity index (χ3n) is 14.5. The van der Waals surface area contributed by atoms with Gasteiger partial charge in [0.15, 0.2) is 11.6 Å². The number of ether oxygens (including phenoxy) is 5. The van der Waals surface area contributed by atoms with E-state index < -0.39 is 88.8 Å². The van der Waals surface area contributed by atoms with Gasteiger partial charge in [-0.05, 0) is 63.7 Å². The Hall–Kier alpha value is -8.05. The SMILES string of the molecule is CO[C@H]1/C=C/O[C@@]2(C)Oc3c(C)c(O)c4c(O)c(c(/C=N\N5CCN(C)CC5)c(O)c4c3C2=O)NC(=O)/C(C)=C\C=C\[C@@H](C)[C@H](O)[C@@H](C)[C@H](O)[C@@H](C)[C@H](OC(C)=O)[C@@H]1C.Cc1cccc(OC/C(N)=N\NC(=O)c2ccncc2)c1. The number of benzene rings is 3. The summed E-state index contributed by atoms with van der Waals surface area (Å²) in [6, 6.07) is 10.8. The van der Waals surface area contributed by atoms with E-state index in [1.165, 1.54) is 71.8 Å². The van der Waals surface area contributed by atoms with Gasteiger partial charge in [-0.3, -0.25) is 29.2 Å². The lowest BCUT2D eigenvalue weighted by Crippen LogP contribution is -2.46. The minimum Gasteiger partial charge on any atom is -0.507 e. The number of rotatable bonds is 9. The third kappa shape index (κ3) is 14.2. The van der Waals surface area contributed by atoms with E-state index in [9.17, 15) is 44.7 Å². The Bertz CT molecular complexity index is 3070. The molecule has 4 aromatic rings. The molecular formula is C58H74N8O14. The molecule has 5 heterocycles. The summed E-state index contributed by atoms with van der Waals surface area (Å²) in [5.41, 5.74) is 9.25. The van der Waals surface area contributed by atoms with Gasteiger partial charge >= 0.3 is 11.8 Å². The smallest absolute Gasteiger partial charge is 0.312 e. The second kappa shape index (κ2) is 26.7. The predicted octanol–water partition coefficient (Wildman–Crippen LogP) is 5.81. The number of Topliss-reactive ketones (excluding diaryl/α,β-unsaturated/α-hetero) is 1. The molecule has 0 unspecified atom stereocenters. The molecule has 0 aliphatic carbocycles. The predicted molar refractivity (Wildman–Crippen MR) is 300 cm³/mol. The van der Waals surface area contributed by atoms with Gasteiger partial charge in [0.1, 0.15) is 35.7 Å². The number of aromatic hydroxyl groups is 3. The molecule has 430 valence electrons. The number of methoxy groups -OCH3 is 1.